The van der Waals surface area contributed by atoms with Crippen molar-refractivity contribution < 1.29 is 14.7 Å². The second-order valence-corrected chi connectivity index (χ2v) is 6.81. The van der Waals surface area contributed by atoms with Crippen LogP contribution in [0.5, 0.6) is 0 Å². The van der Waals surface area contributed by atoms with Crippen LogP contribution in [0.25, 0.3) is 0 Å². The van der Waals surface area contributed by atoms with Gasteiger partial charge in [0.2, 0.25) is 5.91 Å². The van der Waals surface area contributed by atoms with Crippen molar-refractivity contribution in [2.75, 3.05) is 11.5 Å². The number of nitrogens with zero attached hydrogens (tertiary/aromatic N) is 4. The van der Waals surface area contributed by atoms with E-state index in [1.807, 2.05) is 0 Å². The van der Waals surface area contributed by atoms with Gasteiger partial charge in [-0.25, -0.2) is 4.79 Å². The van der Waals surface area contributed by atoms with Crippen LogP contribution < -0.4 is 5.73 Å². The fraction of sp³-hybridized carbons (Fsp3) is 0.455. The van der Waals surface area contributed by atoms with Gasteiger partial charge in [0.05, 0.1) is 6.20 Å². The molecule has 1 aromatic heterocycles. The zero-order valence-corrected chi connectivity index (χ0v) is 12.7. The van der Waals surface area contributed by atoms with Crippen molar-refractivity contribution in [3.05, 3.63) is 17.5 Å². The van der Waals surface area contributed by atoms with Gasteiger partial charge in [-0.2, -0.15) is 0 Å². The van der Waals surface area contributed by atoms with Gasteiger partial charge in [-0.1, -0.05) is 17.0 Å². The van der Waals surface area contributed by atoms with E-state index in [9.17, 15) is 14.7 Å². The lowest BCUT2D eigenvalue weighted by Gasteiger charge is -2.48. The van der Waals surface area contributed by atoms with E-state index in [2.05, 4.69) is 10.3 Å². The normalized spacial score (nSPS) is 24.9. The largest absolute Gasteiger partial charge is 0.477 e. The third kappa shape index (κ3) is 2.43. The van der Waals surface area contributed by atoms with E-state index >= 15 is 0 Å². The third-order valence-corrected chi connectivity index (χ3v) is 5.60. The summed E-state index contributed by atoms with van der Waals surface area (Å²) in [6.07, 6.45) is 1.76. The molecule has 3 heterocycles. The number of aliphatic carboxylic acids is 1. The van der Waals surface area contributed by atoms with Crippen LogP contribution in [0.4, 0.5) is 0 Å². The number of thioether (sulfide) groups is 2. The molecule has 8 nitrogen and oxygen atoms in total. The SMILES string of the molecule is Cn1cc(SCC2=C(C(=O)O)N3C(=O)C(N)C3SC2)nn1. The Morgan fingerprint density at radius 2 is 2.43 bits per heavy atom. The van der Waals surface area contributed by atoms with Crippen molar-refractivity contribution in [3.8, 4) is 0 Å². The summed E-state index contributed by atoms with van der Waals surface area (Å²) in [7, 11) is 1.76. The van der Waals surface area contributed by atoms with E-state index in [4.69, 9.17) is 5.73 Å². The minimum atomic E-state index is -1.09. The molecule has 2 unspecified atom stereocenters. The molecule has 112 valence electrons. The van der Waals surface area contributed by atoms with Crippen LogP contribution in [0, 0.1) is 0 Å². The number of aromatic nitrogens is 3. The molecule has 2 aliphatic rings. The fourth-order valence-corrected chi connectivity index (χ4v) is 4.55. The molecule has 2 aliphatic heterocycles. The van der Waals surface area contributed by atoms with Gasteiger partial charge in [-0.05, 0) is 5.57 Å². The van der Waals surface area contributed by atoms with E-state index in [1.165, 1.54) is 28.4 Å². The van der Waals surface area contributed by atoms with Gasteiger partial charge < -0.3 is 10.8 Å². The molecule has 0 aromatic carbocycles. The molecule has 3 rings (SSSR count). The van der Waals surface area contributed by atoms with Crippen LogP contribution in [0.2, 0.25) is 0 Å². The van der Waals surface area contributed by atoms with Crippen molar-refractivity contribution in [2.45, 2.75) is 16.4 Å². The minimum absolute atomic E-state index is 0.0711. The highest BCUT2D eigenvalue weighted by Gasteiger charge is 2.51. The fourth-order valence-electron chi connectivity index (χ4n) is 2.24. The molecular formula is C11H13N5O3S2. The third-order valence-electron chi connectivity index (χ3n) is 3.27. The highest BCUT2D eigenvalue weighted by Crippen LogP contribution is 2.40. The molecule has 1 saturated heterocycles. The molecular weight excluding hydrogens is 314 g/mol. The van der Waals surface area contributed by atoms with Gasteiger partial charge in [0.1, 0.15) is 22.1 Å². The Kier molecular flexibility index (Phi) is 3.68. The van der Waals surface area contributed by atoms with Gasteiger partial charge in [-0.3, -0.25) is 14.4 Å². The van der Waals surface area contributed by atoms with Gasteiger partial charge >= 0.3 is 5.97 Å². The van der Waals surface area contributed by atoms with Crippen molar-refractivity contribution in [1.29, 1.82) is 0 Å². The number of β-lactam (4-membered cyclic amide) rings is 1. The summed E-state index contributed by atoms with van der Waals surface area (Å²) in [5.74, 6) is -0.405. The van der Waals surface area contributed by atoms with Crippen LogP contribution >= 0.6 is 23.5 Å². The molecule has 2 atom stereocenters. The first-order chi connectivity index (χ1) is 9.99. The molecule has 0 spiro atoms. The number of carbonyl (C=O) groups is 2. The van der Waals surface area contributed by atoms with E-state index in [1.54, 1.807) is 17.9 Å². The Morgan fingerprint density at radius 1 is 1.67 bits per heavy atom. The number of carbonyl (C=O) groups excluding carboxylic acids is 1. The molecule has 0 saturated carbocycles. The number of carboxylic acids is 1. The lowest BCUT2D eigenvalue weighted by Crippen LogP contribution is -2.68. The Morgan fingerprint density at radius 3 is 3.05 bits per heavy atom. The van der Waals surface area contributed by atoms with E-state index in [0.29, 0.717) is 22.1 Å². The highest BCUT2D eigenvalue weighted by atomic mass is 32.2. The summed E-state index contributed by atoms with van der Waals surface area (Å²) in [4.78, 5) is 24.6. The number of carboxylic acid groups (broad SMARTS) is 1. The molecule has 0 radical (unpaired) electrons. The summed E-state index contributed by atoms with van der Waals surface area (Å²) in [6, 6.07) is -0.599. The van der Waals surface area contributed by atoms with Crippen LogP contribution in [0.3, 0.4) is 0 Å². The molecule has 1 fully saturated rings. The minimum Gasteiger partial charge on any atom is -0.477 e. The Balaban J connectivity index is 1.81. The Hall–Kier alpha value is -1.52. The average Bonchev–Trinajstić information content (AvgIpc) is 2.88. The Bertz CT molecular complexity index is 644. The van der Waals surface area contributed by atoms with E-state index in [0.717, 1.165) is 0 Å². The number of hydrogen-bond donors (Lipinski definition) is 2. The average molecular weight is 327 g/mol. The summed E-state index contributed by atoms with van der Waals surface area (Å²) >= 11 is 2.90. The van der Waals surface area contributed by atoms with Crippen LogP contribution in [0.15, 0.2) is 22.5 Å². The van der Waals surface area contributed by atoms with E-state index in [-0.39, 0.29) is 17.0 Å². The van der Waals surface area contributed by atoms with Crippen LogP contribution in [-0.2, 0) is 16.6 Å². The standard InChI is InChI=1S/C11H13N5O3S2/c1-15-2-6(13-14-15)20-3-5-4-21-10-7(12)9(17)16(10)8(5)11(18)19/h2,7,10H,3-4,12H2,1H3,(H,18,19). The summed E-state index contributed by atoms with van der Waals surface area (Å²) in [6.45, 7) is 0. The topological polar surface area (TPSA) is 114 Å². The maximum absolute atomic E-state index is 11.8. The molecule has 21 heavy (non-hydrogen) atoms. The predicted octanol–water partition coefficient (Wildman–Crippen LogP) is -0.512. The van der Waals surface area contributed by atoms with Crippen LogP contribution in [0.1, 0.15) is 0 Å². The molecule has 0 aliphatic carbocycles. The van der Waals surface area contributed by atoms with Crippen molar-refractivity contribution in [1.82, 2.24) is 19.9 Å². The first-order valence-electron chi connectivity index (χ1n) is 6.13. The zero-order chi connectivity index (χ0) is 15.1. The number of fused-ring (bicyclic) bond motifs is 1. The lowest BCUT2D eigenvalue weighted by molar-refractivity contribution is -0.147. The quantitative estimate of drug-likeness (QED) is 0.561. The number of hydrogen-bond acceptors (Lipinski definition) is 7. The first kappa shape index (κ1) is 14.4. The maximum atomic E-state index is 11.8. The van der Waals surface area contributed by atoms with Gasteiger partial charge in [0.15, 0.2) is 0 Å². The number of amides is 1. The van der Waals surface area contributed by atoms with Crippen LogP contribution in [-0.4, -0.2) is 59.8 Å². The van der Waals surface area contributed by atoms with Crippen molar-refractivity contribution in [2.24, 2.45) is 12.8 Å². The van der Waals surface area contributed by atoms with Gasteiger partial charge in [0.25, 0.3) is 0 Å². The maximum Gasteiger partial charge on any atom is 0.352 e. The predicted molar refractivity (Wildman–Crippen MR) is 77.5 cm³/mol. The van der Waals surface area contributed by atoms with E-state index < -0.39 is 12.0 Å². The summed E-state index contributed by atoms with van der Waals surface area (Å²) in [5.41, 5.74) is 6.48. The smallest absolute Gasteiger partial charge is 0.352 e. The lowest BCUT2D eigenvalue weighted by atomic mass is 10.0. The number of rotatable bonds is 4. The van der Waals surface area contributed by atoms with Crippen molar-refractivity contribution in [3.63, 3.8) is 0 Å². The molecule has 10 heteroatoms. The second kappa shape index (κ2) is 5.35. The first-order valence-corrected chi connectivity index (χ1v) is 8.17. The van der Waals surface area contributed by atoms with Crippen molar-refractivity contribution >= 4 is 35.4 Å². The number of nitrogens with two attached hydrogens (primary N) is 1. The molecule has 0 bridgehead atoms. The summed E-state index contributed by atoms with van der Waals surface area (Å²) in [5, 5.41) is 17.6. The summed E-state index contributed by atoms with van der Waals surface area (Å²) < 4.78 is 1.58. The molecule has 1 aromatic rings. The Labute approximate surface area is 128 Å². The zero-order valence-electron chi connectivity index (χ0n) is 11.1. The highest BCUT2D eigenvalue weighted by molar-refractivity contribution is 8.01. The monoisotopic (exact) mass is 327 g/mol. The molecule has 1 amide bonds. The van der Waals surface area contributed by atoms with Gasteiger partial charge in [-0.15, -0.1) is 16.9 Å². The van der Waals surface area contributed by atoms with Gasteiger partial charge in [0, 0.05) is 18.6 Å². The molecule has 3 N–H and O–H groups in total. The second-order valence-electron chi connectivity index (χ2n) is 4.71. The number of aryl methyl sites for hydroxylation is 1.